The molecule has 2 aromatic rings. The molecule has 0 atom stereocenters. The Balaban J connectivity index is 2.24. The molecule has 0 spiro atoms. The highest BCUT2D eigenvalue weighted by atomic mass is 35.5. The molecule has 0 aromatic carbocycles. The van der Waals surface area contributed by atoms with E-state index in [-0.39, 0.29) is 15.0 Å². The third kappa shape index (κ3) is 3.80. The molecule has 0 unspecified atom stereocenters. The molecule has 0 aliphatic rings. The molecule has 2 heterocycles. The van der Waals surface area contributed by atoms with Crippen LogP contribution >= 0.6 is 22.9 Å². The summed E-state index contributed by atoms with van der Waals surface area (Å²) in [7, 11) is -3.78. The summed E-state index contributed by atoms with van der Waals surface area (Å²) in [5.74, 6) is 0.447. The summed E-state index contributed by atoms with van der Waals surface area (Å²) in [6, 6.07) is 1.34. The zero-order valence-electron chi connectivity index (χ0n) is 11.4. The monoisotopic (exact) mass is 347 g/mol. The van der Waals surface area contributed by atoms with Crippen LogP contribution in [0.1, 0.15) is 18.9 Å². The van der Waals surface area contributed by atoms with Crippen molar-refractivity contribution in [2.45, 2.75) is 25.2 Å². The number of hydrogen-bond acceptors (Lipinski definition) is 7. The average molecular weight is 348 g/mol. The van der Waals surface area contributed by atoms with Gasteiger partial charge >= 0.3 is 0 Å². The Morgan fingerprint density at radius 1 is 1.33 bits per heavy atom. The summed E-state index contributed by atoms with van der Waals surface area (Å²) in [4.78, 5) is 3.98. The summed E-state index contributed by atoms with van der Waals surface area (Å²) >= 11 is 7.19. The smallest absolute Gasteiger partial charge is 0.265 e. The lowest BCUT2D eigenvalue weighted by Gasteiger charge is -2.08. The predicted octanol–water partition coefficient (Wildman–Crippen LogP) is 2.38. The lowest BCUT2D eigenvalue weighted by molar-refractivity contribution is 0.600. The SMILES string of the molecule is CCNc1ncc(S(=O)(=O)Nc2nnc(CC)s2)cc1Cl. The first-order chi connectivity index (χ1) is 9.96. The Kier molecular flexibility index (Phi) is 4.96. The molecule has 0 saturated heterocycles. The third-order valence-electron chi connectivity index (χ3n) is 2.46. The van der Waals surface area contributed by atoms with Crippen molar-refractivity contribution >= 4 is 43.9 Å². The maximum absolute atomic E-state index is 12.2. The number of sulfonamides is 1. The molecular weight excluding hydrogens is 334 g/mol. The number of halogens is 1. The number of nitrogens with one attached hydrogen (secondary N) is 2. The van der Waals surface area contributed by atoms with E-state index in [0.29, 0.717) is 18.8 Å². The van der Waals surface area contributed by atoms with Crippen LogP contribution in [0.4, 0.5) is 10.9 Å². The zero-order valence-corrected chi connectivity index (χ0v) is 13.8. The molecule has 21 heavy (non-hydrogen) atoms. The van der Waals surface area contributed by atoms with Crippen molar-refractivity contribution < 1.29 is 8.42 Å². The Hall–Kier alpha value is -1.45. The Labute approximate surface area is 131 Å². The van der Waals surface area contributed by atoms with Gasteiger partial charge in [-0.05, 0) is 19.4 Å². The quantitative estimate of drug-likeness (QED) is 0.832. The molecule has 0 radical (unpaired) electrons. The fraction of sp³-hybridized carbons (Fsp3) is 0.364. The number of pyridine rings is 1. The van der Waals surface area contributed by atoms with Gasteiger partial charge in [-0.1, -0.05) is 29.9 Å². The molecule has 0 aliphatic carbocycles. The van der Waals surface area contributed by atoms with Crippen molar-refractivity contribution in [3.05, 3.63) is 22.3 Å². The largest absolute Gasteiger partial charge is 0.369 e. The topological polar surface area (TPSA) is 96.9 Å². The minimum atomic E-state index is -3.78. The summed E-state index contributed by atoms with van der Waals surface area (Å²) in [5.41, 5.74) is 0. The molecule has 2 N–H and O–H groups in total. The van der Waals surface area contributed by atoms with Gasteiger partial charge in [0.1, 0.15) is 15.7 Å². The predicted molar refractivity (Wildman–Crippen MR) is 83.5 cm³/mol. The van der Waals surface area contributed by atoms with Crippen molar-refractivity contribution in [1.82, 2.24) is 15.2 Å². The Bertz CT molecular complexity index is 732. The van der Waals surface area contributed by atoms with Gasteiger partial charge in [-0.2, -0.15) is 0 Å². The maximum Gasteiger partial charge on any atom is 0.265 e. The molecule has 0 saturated carbocycles. The molecule has 2 aromatic heterocycles. The summed E-state index contributed by atoms with van der Waals surface area (Å²) in [6.45, 7) is 4.45. The van der Waals surface area contributed by atoms with E-state index >= 15 is 0 Å². The van der Waals surface area contributed by atoms with Crippen LogP contribution in [0.2, 0.25) is 5.02 Å². The summed E-state index contributed by atoms with van der Waals surface area (Å²) < 4.78 is 26.8. The van der Waals surface area contributed by atoms with E-state index in [4.69, 9.17) is 11.6 Å². The summed E-state index contributed by atoms with van der Waals surface area (Å²) in [6.07, 6.45) is 1.94. The van der Waals surface area contributed by atoms with E-state index in [1.807, 2.05) is 13.8 Å². The van der Waals surface area contributed by atoms with Crippen LogP contribution < -0.4 is 10.0 Å². The number of aryl methyl sites for hydroxylation is 1. The number of anilines is 2. The van der Waals surface area contributed by atoms with Crippen LogP contribution in [0.3, 0.4) is 0 Å². The van der Waals surface area contributed by atoms with Crippen LogP contribution in [-0.4, -0.2) is 30.1 Å². The van der Waals surface area contributed by atoms with Gasteiger partial charge in [0, 0.05) is 12.7 Å². The van der Waals surface area contributed by atoms with Gasteiger partial charge in [0.25, 0.3) is 10.0 Å². The minimum Gasteiger partial charge on any atom is -0.369 e. The van der Waals surface area contributed by atoms with Gasteiger partial charge in [-0.25, -0.2) is 13.4 Å². The second kappa shape index (κ2) is 6.54. The highest BCUT2D eigenvalue weighted by Crippen LogP contribution is 2.25. The van der Waals surface area contributed by atoms with Crippen molar-refractivity contribution in [3.8, 4) is 0 Å². The zero-order chi connectivity index (χ0) is 15.5. The lowest BCUT2D eigenvalue weighted by atomic mass is 10.4. The van der Waals surface area contributed by atoms with Crippen LogP contribution in [0.5, 0.6) is 0 Å². The van der Waals surface area contributed by atoms with Crippen molar-refractivity contribution in [1.29, 1.82) is 0 Å². The molecule has 0 aliphatic heterocycles. The third-order valence-corrected chi connectivity index (χ3v) is 5.17. The molecule has 7 nitrogen and oxygen atoms in total. The van der Waals surface area contributed by atoms with E-state index in [2.05, 4.69) is 25.2 Å². The molecule has 0 bridgehead atoms. The fourth-order valence-electron chi connectivity index (χ4n) is 1.48. The minimum absolute atomic E-state index is 0.0256. The maximum atomic E-state index is 12.2. The highest BCUT2D eigenvalue weighted by Gasteiger charge is 2.18. The molecule has 2 rings (SSSR count). The normalized spacial score (nSPS) is 11.4. The van der Waals surface area contributed by atoms with E-state index in [9.17, 15) is 8.42 Å². The average Bonchev–Trinajstić information content (AvgIpc) is 2.88. The van der Waals surface area contributed by atoms with E-state index in [0.717, 1.165) is 5.01 Å². The number of hydrogen-bond donors (Lipinski definition) is 2. The lowest BCUT2D eigenvalue weighted by Crippen LogP contribution is -2.13. The molecule has 0 amide bonds. The number of aromatic nitrogens is 3. The Morgan fingerprint density at radius 2 is 2.10 bits per heavy atom. The van der Waals surface area contributed by atoms with Crippen LogP contribution in [0.15, 0.2) is 17.2 Å². The van der Waals surface area contributed by atoms with E-state index in [1.54, 1.807) is 0 Å². The number of rotatable bonds is 6. The molecule has 10 heteroatoms. The van der Waals surface area contributed by atoms with Gasteiger partial charge < -0.3 is 5.32 Å². The highest BCUT2D eigenvalue weighted by molar-refractivity contribution is 7.93. The first kappa shape index (κ1) is 15.9. The van der Waals surface area contributed by atoms with Crippen LogP contribution in [0, 0.1) is 0 Å². The molecule has 0 fully saturated rings. The van der Waals surface area contributed by atoms with Crippen molar-refractivity contribution in [2.75, 3.05) is 16.6 Å². The first-order valence-electron chi connectivity index (χ1n) is 6.21. The fourth-order valence-corrected chi connectivity index (χ4v) is 3.65. The summed E-state index contributed by atoms with van der Waals surface area (Å²) in [5, 5.41) is 11.8. The van der Waals surface area contributed by atoms with Crippen molar-refractivity contribution in [3.63, 3.8) is 0 Å². The van der Waals surface area contributed by atoms with Crippen LogP contribution in [0.25, 0.3) is 0 Å². The second-order valence-corrected chi connectivity index (χ2v) is 7.14. The number of nitrogens with zero attached hydrogens (tertiary/aromatic N) is 3. The second-order valence-electron chi connectivity index (χ2n) is 3.99. The van der Waals surface area contributed by atoms with E-state index < -0.39 is 10.0 Å². The Morgan fingerprint density at radius 3 is 2.67 bits per heavy atom. The van der Waals surface area contributed by atoms with E-state index in [1.165, 1.54) is 23.6 Å². The van der Waals surface area contributed by atoms with Gasteiger partial charge in [0.2, 0.25) is 5.13 Å². The van der Waals surface area contributed by atoms with Gasteiger partial charge in [0.05, 0.1) is 5.02 Å². The van der Waals surface area contributed by atoms with Gasteiger partial charge in [-0.15, -0.1) is 10.2 Å². The van der Waals surface area contributed by atoms with Crippen molar-refractivity contribution in [2.24, 2.45) is 0 Å². The standard InChI is InChI=1S/C11H14ClN5O2S2/c1-3-9-15-16-11(20-9)17-21(18,19)7-5-8(12)10(13-4-2)14-6-7/h5-6H,3-4H2,1-2H3,(H,13,14)(H,16,17). The van der Waals surface area contributed by atoms with Gasteiger partial charge in [-0.3, -0.25) is 4.72 Å². The van der Waals surface area contributed by atoms with Gasteiger partial charge in [0.15, 0.2) is 0 Å². The van der Waals surface area contributed by atoms with Crippen LogP contribution in [-0.2, 0) is 16.4 Å². The first-order valence-corrected chi connectivity index (χ1v) is 8.88. The molecular formula is C11H14ClN5O2S2. The molecule has 114 valence electrons.